The first-order chi connectivity index (χ1) is 4.70. The van der Waals surface area contributed by atoms with E-state index in [1.807, 2.05) is 6.92 Å². The van der Waals surface area contributed by atoms with Gasteiger partial charge in [0.2, 0.25) is 0 Å². The van der Waals surface area contributed by atoms with E-state index < -0.39 is 0 Å². The first-order valence-corrected chi connectivity index (χ1v) is 3.86. The van der Waals surface area contributed by atoms with Crippen molar-refractivity contribution in [1.82, 2.24) is 4.98 Å². The van der Waals surface area contributed by atoms with Crippen molar-refractivity contribution in [3.05, 3.63) is 29.8 Å². The van der Waals surface area contributed by atoms with E-state index in [4.69, 9.17) is 0 Å². The molecule has 1 atom stereocenters. The average molecular weight is 204 g/mol. The van der Waals surface area contributed by atoms with Crippen LogP contribution in [0.3, 0.4) is 0 Å². The molecule has 0 bridgehead atoms. The van der Waals surface area contributed by atoms with Gasteiger partial charge in [0.25, 0.3) is 0 Å². The molecule has 10 heavy (non-hydrogen) atoms. The maximum absolute atomic E-state index is 12.4. The molecule has 1 heterocycles. The summed E-state index contributed by atoms with van der Waals surface area (Å²) < 4.78 is 12.4. The molecule has 1 rings (SSSR count). The van der Waals surface area contributed by atoms with E-state index in [0.717, 1.165) is 5.56 Å². The summed E-state index contributed by atoms with van der Waals surface area (Å²) in [4.78, 5) is 3.86. The van der Waals surface area contributed by atoms with Crippen LogP contribution in [0.15, 0.2) is 18.5 Å². The molecular weight excluding hydrogens is 197 g/mol. The van der Waals surface area contributed by atoms with Crippen molar-refractivity contribution >= 4 is 15.9 Å². The highest BCUT2D eigenvalue weighted by molar-refractivity contribution is 9.09. The molecule has 1 aromatic rings. The minimum Gasteiger partial charge on any atom is -0.261 e. The lowest BCUT2D eigenvalue weighted by Crippen LogP contribution is -1.86. The van der Waals surface area contributed by atoms with Crippen LogP contribution in [0.4, 0.5) is 4.39 Å². The number of pyridine rings is 1. The predicted octanol–water partition coefficient (Wildman–Crippen LogP) is 2.68. The normalized spacial score (nSPS) is 13.1. The SMILES string of the molecule is C[C@@H](Br)c1cncc(F)c1. The molecule has 0 aliphatic heterocycles. The molecule has 0 aliphatic rings. The summed E-state index contributed by atoms with van der Waals surface area (Å²) in [7, 11) is 0. The Morgan fingerprint density at radius 3 is 2.70 bits per heavy atom. The fraction of sp³-hybridized carbons (Fsp3) is 0.286. The van der Waals surface area contributed by atoms with Crippen molar-refractivity contribution < 1.29 is 4.39 Å². The lowest BCUT2D eigenvalue weighted by atomic mass is 10.2. The number of hydrogen-bond acceptors (Lipinski definition) is 1. The molecule has 0 aromatic carbocycles. The van der Waals surface area contributed by atoms with Crippen molar-refractivity contribution in [2.24, 2.45) is 0 Å². The van der Waals surface area contributed by atoms with Gasteiger partial charge in [-0.15, -0.1) is 0 Å². The lowest BCUT2D eigenvalue weighted by molar-refractivity contribution is 0.618. The van der Waals surface area contributed by atoms with Crippen molar-refractivity contribution in [2.45, 2.75) is 11.8 Å². The predicted molar refractivity (Wildman–Crippen MR) is 41.5 cm³/mol. The maximum Gasteiger partial charge on any atom is 0.141 e. The van der Waals surface area contributed by atoms with E-state index in [2.05, 4.69) is 20.9 Å². The second kappa shape index (κ2) is 3.10. The molecule has 0 saturated heterocycles. The van der Waals surface area contributed by atoms with Gasteiger partial charge in [0.1, 0.15) is 5.82 Å². The van der Waals surface area contributed by atoms with Gasteiger partial charge in [-0.2, -0.15) is 0 Å². The number of alkyl halides is 1. The van der Waals surface area contributed by atoms with Gasteiger partial charge in [0.15, 0.2) is 0 Å². The molecule has 0 saturated carbocycles. The number of rotatable bonds is 1. The smallest absolute Gasteiger partial charge is 0.141 e. The quantitative estimate of drug-likeness (QED) is 0.640. The minimum absolute atomic E-state index is 0.163. The van der Waals surface area contributed by atoms with Gasteiger partial charge >= 0.3 is 0 Å². The molecule has 54 valence electrons. The van der Waals surface area contributed by atoms with Crippen molar-refractivity contribution in [3.63, 3.8) is 0 Å². The second-order valence-electron chi connectivity index (χ2n) is 2.05. The zero-order valence-electron chi connectivity index (χ0n) is 5.51. The zero-order chi connectivity index (χ0) is 7.56. The first-order valence-electron chi connectivity index (χ1n) is 2.94. The van der Waals surface area contributed by atoms with Crippen LogP contribution in [0.25, 0.3) is 0 Å². The Morgan fingerprint density at radius 1 is 1.60 bits per heavy atom. The number of aromatic nitrogens is 1. The Morgan fingerprint density at radius 2 is 2.30 bits per heavy atom. The Hall–Kier alpha value is -0.440. The van der Waals surface area contributed by atoms with Crippen LogP contribution < -0.4 is 0 Å². The zero-order valence-corrected chi connectivity index (χ0v) is 7.10. The Bertz CT molecular complexity index is 225. The molecule has 0 aliphatic carbocycles. The number of hydrogen-bond donors (Lipinski definition) is 0. The molecule has 0 spiro atoms. The molecule has 0 unspecified atom stereocenters. The highest BCUT2D eigenvalue weighted by atomic mass is 79.9. The van der Waals surface area contributed by atoms with Gasteiger partial charge < -0.3 is 0 Å². The van der Waals surface area contributed by atoms with Gasteiger partial charge in [-0.1, -0.05) is 15.9 Å². The second-order valence-corrected chi connectivity index (χ2v) is 3.43. The maximum atomic E-state index is 12.4. The largest absolute Gasteiger partial charge is 0.261 e. The fourth-order valence-electron chi connectivity index (χ4n) is 0.646. The van der Waals surface area contributed by atoms with Crippen LogP contribution >= 0.6 is 15.9 Å². The van der Waals surface area contributed by atoms with Crippen molar-refractivity contribution in [2.75, 3.05) is 0 Å². The average Bonchev–Trinajstić information content (AvgIpc) is 1.88. The lowest BCUT2D eigenvalue weighted by Gasteiger charge is -2.00. The minimum atomic E-state index is -0.288. The topological polar surface area (TPSA) is 12.9 Å². The van der Waals surface area contributed by atoms with E-state index in [1.165, 1.54) is 12.3 Å². The summed E-state index contributed by atoms with van der Waals surface area (Å²) in [5, 5.41) is 0. The summed E-state index contributed by atoms with van der Waals surface area (Å²) in [5.74, 6) is -0.288. The molecule has 1 nitrogen and oxygen atoms in total. The highest BCUT2D eigenvalue weighted by Gasteiger charge is 2.00. The Labute approximate surface area is 67.4 Å². The molecule has 3 heteroatoms. The van der Waals surface area contributed by atoms with Gasteiger partial charge in [-0.3, -0.25) is 4.98 Å². The van der Waals surface area contributed by atoms with Gasteiger partial charge in [0, 0.05) is 11.0 Å². The van der Waals surface area contributed by atoms with Crippen LogP contribution in [-0.4, -0.2) is 4.98 Å². The molecule has 0 radical (unpaired) electrons. The van der Waals surface area contributed by atoms with Gasteiger partial charge in [-0.25, -0.2) is 4.39 Å². The summed E-state index contributed by atoms with van der Waals surface area (Å²) in [6.45, 7) is 1.93. The highest BCUT2D eigenvalue weighted by Crippen LogP contribution is 2.20. The summed E-state index contributed by atoms with van der Waals surface area (Å²) >= 11 is 3.31. The number of nitrogens with zero attached hydrogens (tertiary/aromatic N) is 1. The first kappa shape index (κ1) is 7.66. The van der Waals surface area contributed by atoms with Gasteiger partial charge in [0.05, 0.1) is 6.20 Å². The molecule has 0 amide bonds. The van der Waals surface area contributed by atoms with Crippen LogP contribution in [0.2, 0.25) is 0 Å². The van der Waals surface area contributed by atoms with E-state index in [-0.39, 0.29) is 10.6 Å². The third-order valence-electron chi connectivity index (χ3n) is 1.19. The van der Waals surface area contributed by atoms with Crippen molar-refractivity contribution in [1.29, 1.82) is 0 Å². The Kier molecular flexibility index (Phi) is 2.38. The molecule has 0 N–H and O–H groups in total. The van der Waals surface area contributed by atoms with E-state index in [1.54, 1.807) is 6.20 Å². The molecule has 1 aromatic heterocycles. The van der Waals surface area contributed by atoms with E-state index >= 15 is 0 Å². The third-order valence-corrected chi connectivity index (χ3v) is 1.71. The summed E-state index contributed by atoms with van der Waals surface area (Å²) in [5.41, 5.74) is 0.861. The molecule has 0 fully saturated rings. The number of halogens is 2. The summed E-state index contributed by atoms with van der Waals surface area (Å²) in [6.07, 6.45) is 2.83. The van der Waals surface area contributed by atoms with E-state index in [0.29, 0.717) is 0 Å². The Balaban J connectivity index is 2.96. The fourth-order valence-corrected chi connectivity index (χ4v) is 0.896. The van der Waals surface area contributed by atoms with Gasteiger partial charge in [-0.05, 0) is 18.6 Å². The van der Waals surface area contributed by atoms with Crippen LogP contribution in [0, 0.1) is 5.82 Å². The van der Waals surface area contributed by atoms with Crippen LogP contribution in [-0.2, 0) is 0 Å². The van der Waals surface area contributed by atoms with Crippen LogP contribution in [0.1, 0.15) is 17.3 Å². The monoisotopic (exact) mass is 203 g/mol. The van der Waals surface area contributed by atoms with E-state index in [9.17, 15) is 4.39 Å². The third kappa shape index (κ3) is 1.77. The molecular formula is C7H7BrFN. The van der Waals surface area contributed by atoms with Crippen molar-refractivity contribution in [3.8, 4) is 0 Å². The summed E-state index contributed by atoms with van der Waals surface area (Å²) in [6, 6.07) is 1.46. The standard InChI is InChI=1S/C7H7BrFN/c1-5(8)6-2-7(9)4-10-3-6/h2-5H,1H3/t5-/m1/s1. The van der Waals surface area contributed by atoms with Crippen LogP contribution in [0.5, 0.6) is 0 Å².